The van der Waals surface area contributed by atoms with E-state index in [2.05, 4.69) is 0 Å². The maximum Gasteiger partial charge on any atom is 0.300 e. The highest BCUT2D eigenvalue weighted by Crippen LogP contribution is 2.43. The van der Waals surface area contributed by atoms with Gasteiger partial charge in [0, 0.05) is 11.3 Å². The Kier molecular flexibility index (Phi) is 4.54. The number of anilines is 1. The number of aliphatic hydroxyl groups excluding tert-OH is 1. The van der Waals surface area contributed by atoms with Crippen LogP contribution in [0, 0.1) is 19.7 Å². The van der Waals surface area contributed by atoms with Crippen LogP contribution in [0.1, 0.15) is 28.5 Å². The summed E-state index contributed by atoms with van der Waals surface area (Å²) in [4.78, 5) is 27.3. The van der Waals surface area contributed by atoms with Gasteiger partial charge in [-0.25, -0.2) is 4.39 Å². The number of nitrogens with zero attached hydrogens (tertiary/aromatic N) is 1. The first kappa shape index (κ1) is 18.7. The molecule has 1 N–H and O–H groups in total. The highest BCUT2D eigenvalue weighted by Gasteiger charge is 2.48. The van der Waals surface area contributed by atoms with Crippen LogP contribution in [0.4, 0.5) is 10.1 Å². The Balaban J connectivity index is 1.95. The van der Waals surface area contributed by atoms with Crippen LogP contribution in [0.2, 0.25) is 0 Å². The molecule has 4 rings (SSSR count). The molecule has 1 unspecified atom stereocenters. The number of hydrogen-bond donors (Lipinski definition) is 1. The van der Waals surface area contributed by atoms with E-state index in [4.69, 9.17) is 4.42 Å². The number of carbonyl (C=O) groups is 2. The van der Waals surface area contributed by atoms with Crippen LogP contribution >= 0.6 is 0 Å². The van der Waals surface area contributed by atoms with Crippen molar-refractivity contribution in [2.75, 3.05) is 4.90 Å². The zero-order valence-electron chi connectivity index (χ0n) is 15.8. The van der Waals surface area contributed by atoms with Gasteiger partial charge in [-0.05, 0) is 67.4 Å². The zero-order chi connectivity index (χ0) is 20.7. The molecule has 0 aliphatic carbocycles. The largest absolute Gasteiger partial charge is 0.507 e. The van der Waals surface area contributed by atoms with Crippen molar-refractivity contribution in [1.29, 1.82) is 0 Å². The van der Waals surface area contributed by atoms with Gasteiger partial charge in [0.1, 0.15) is 23.4 Å². The number of Topliss-reactive ketones (excluding diaryl/α,β-unsaturated/α-hetero) is 1. The van der Waals surface area contributed by atoms with E-state index in [1.165, 1.54) is 35.4 Å². The molecular formula is C23H18FNO4. The second-order valence-electron chi connectivity index (χ2n) is 6.91. The fourth-order valence-electron chi connectivity index (χ4n) is 3.56. The van der Waals surface area contributed by atoms with Crippen molar-refractivity contribution in [3.63, 3.8) is 0 Å². The molecule has 29 heavy (non-hydrogen) atoms. The van der Waals surface area contributed by atoms with Gasteiger partial charge < -0.3 is 9.52 Å². The van der Waals surface area contributed by atoms with Gasteiger partial charge in [-0.3, -0.25) is 14.5 Å². The van der Waals surface area contributed by atoms with E-state index < -0.39 is 23.5 Å². The van der Waals surface area contributed by atoms with Crippen molar-refractivity contribution in [3.8, 4) is 0 Å². The number of ketones is 1. The maximum atomic E-state index is 13.3. The van der Waals surface area contributed by atoms with Crippen LogP contribution in [0.25, 0.3) is 5.76 Å². The van der Waals surface area contributed by atoms with Gasteiger partial charge >= 0.3 is 0 Å². The molecule has 0 radical (unpaired) electrons. The van der Waals surface area contributed by atoms with E-state index in [1.54, 1.807) is 24.3 Å². The Labute approximate surface area is 166 Å². The summed E-state index contributed by atoms with van der Waals surface area (Å²) < 4.78 is 18.8. The lowest BCUT2D eigenvalue weighted by atomic mass is 9.98. The summed E-state index contributed by atoms with van der Waals surface area (Å²) in [6.07, 6.45) is 1.44. The molecule has 1 saturated heterocycles. The Morgan fingerprint density at radius 2 is 1.76 bits per heavy atom. The lowest BCUT2D eigenvalue weighted by Gasteiger charge is -2.25. The van der Waals surface area contributed by atoms with Crippen molar-refractivity contribution >= 4 is 23.1 Å². The summed E-state index contributed by atoms with van der Waals surface area (Å²) in [5.41, 5.74) is 2.50. The molecule has 2 aromatic carbocycles. The standard InChI is InChI=1S/C23H18FNO4/c1-13-5-3-6-17(14(13)2)25-20(18-7-4-12-29-18)19(22(27)23(25)28)21(26)15-8-10-16(24)11-9-15/h3-12,20,26H,1-2H3/b21-19-. The van der Waals surface area contributed by atoms with Crippen molar-refractivity contribution in [2.45, 2.75) is 19.9 Å². The van der Waals surface area contributed by atoms with Gasteiger partial charge in [0.25, 0.3) is 11.7 Å². The van der Waals surface area contributed by atoms with Crippen molar-refractivity contribution in [2.24, 2.45) is 0 Å². The van der Waals surface area contributed by atoms with Gasteiger partial charge in [0.2, 0.25) is 0 Å². The molecule has 0 spiro atoms. The fraction of sp³-hybridized carbons (Fsp3) is 0.130. The number of benzene rings is 2. The zero-order valence-corrected chi connectivity index (χ0v) is 15.8. The second kappa shape index (κ2) is 7.05. The smallest absolute Gasteiger partial charge is 0.300 e. The Bertz CT molecular complexity index is 1130. The number of rotatable bonds is 3. The van der Waals surface area contributed by atoms with E-state index in [1.807, 2.05) is 19.9 Å². The SMILES string of the molecule is Cc1cccc(N2C(=O)C(=O)/C(=C(\O)c3ccc(F)cc3)C2c2ccco2)c1C. The number of carbonyl (C=O) groups excluding carboxylic acids is 2. The van der Waals surface area contributed by atoms with Crippen LogP contribution in [-0.2, 0) is 9.59 Å². The average Bonchev–Trinajstić information content (AvgIpc) is 3.32. The molecule has 1 aliphatic rings. The number of halogens is 1. The third-order valence-corrected chi connectivity index (χ3v) is 5.21. The summed E-state index contributed by atoms with van der Waals surface area (Å²) in [6.45, 7) is 3.78. The Morgan fingerprint density at radius 3 is 2.41 bits per heavy atom. The minimum Gasteiger partial charge on any atom is -0.507 e. The van der Waals surface area contributed by atoms with Crippen molar-refractivity contribution in [3.05, 3.63) is 94.7 Å². The molecule has 0 saturated carbocycles. The first-order chi connectivity index (χ1) is 13.9. The predicted molar refractivity (Wildman–Crippen MR) is 106 cm³/mol. The van der Waals surface area contributed by atoms with Gasteiger partial charge in [-0.1, -0.05) is 12.1 Å². The summed E-state index contributed by atoms with van der Waals surface area (Å²) >= 11 is 0. The number of hydrogen-bond acceptors (Lipinski definition) is 4. The summed E-state index contributed by atoms with van der Waals surface area (Å²) in [5.74, 6) is -2.09. The maximum absolute atomic E-state index is 13.3. The van der Waals surface area contributed by atoms with E-state index in [0.717, 1.165) is 11.1 Å². The van der Waals surface area contributed by atoms with Crippen molar-refractivity contribution < 1.29 is 23.5 Å². The van der Waals surface area contributed by atoms with Crippen LogP contribution in [-0.4, -0.2) is 16.8 Å². The normalized spacial score (nSPS) is 18.4. The fourth-order valence-corrected chi connectivity index (χ4v) is 3.56. The van der Waals surface area contributed by atoms with Crippen LogP contribution < -0.4 is 4.90 Å². The summed E-state index contributed by atoms with van der Waals surface area (Å²) in [7, 11) is 0. The highest BCUT2D eigenvalue weighted by molar-refractivity contribution is 6.51. The first-order valence-corrected chi connectivity index (χ1v) is 9.06. The molecule has 2 heterocycles. The molecule has 0 bridgehead atoms. The quantitative estimate of drug-likeness (QED) is 0.400. The molecule has 146 valence electrons. The number of amides is 1. The molecule has 1 aromatic heterocycles. The molecule has 1 atom stereocenters. The third kappa shape index (κ3) is 3.02. The lowest BCUT2D eigenvalue weighted by Crippen LogP contribution is -2.30. The van der Waals surface area contributed by atoms with E-state index in [-0.39, 0.29) is 16.9 Å². The molecule has 3 aromatic rings. The van der Waals surface area contributed by atoms with E-state index >= 15 is 0 Å². The first-order valence-electron chi connectivity index (χ1n) is 9.06. The molecule has 6 heteroatoms. The Hall–Kier alpha value is -3.67. The summed E-state index contributed by atoms with van der Waals surface area (Å²) in [5, 5.41) is 10.9. The van der Waals surface area contributed by atoms with Crippen molar-refractivity contribution in [1.82, 2.24) is 0 Å². The number of furan rings is 1. The number of aliphatic hydroxyl groups is 1. The van der Waals surface area contributed by atoms with Gasteiger partial charge in [-0.2, -0.15) is 0 Å². The van der Waals surface area contributed by atoms with E-state index in [0.29, 0.717) is 11.4 Å². The van der Waals surface area contributed by atoms with Crippen LogP contribution in [0.15, 0.2) is 70.9 Å². The topological polar surface area (TPSA) is 70.8 Å². The van der Waals surface area contributed by atoms with Gasteiger partial charge in [0.15, 0.2) is 0 Å². The molecule has 1 amide bonds. The van der Waals surface area contributed by atoms with Crippen LogP contribution in [0.3, 0.4) is 0 Å². The lowest BCUT2D eigenvalue weighted by molar-refractivity contribution is -0.132. The molecule has 1 fully saturated rings. The summed E-state index contributed by atoms with van der Waals surface area (Å²) in [6, 6.07) is 12.9. The third-order valence-electron chi connectivity index (χ3n) is 5.21. The number of aryl methyl sites for hydroxylation is 1. The van der Waals surface area contributed by atoms with E-state index in [9.17, 15) is 19.1 Å². The average molecular weight is 391 g/mol. The van der Waals surface area contributed by atoms with Gasteiger partial charge in [0.05, 0.1) is 11.8 Å². The molecular weight excluding hydrogens is 373 g/mol. The second-order valence-corrected chi connectivity index (χ2v) is 6.91. The monoisotopic (exact) mass is 391 g/mol. The minimum absolute atomic E-state index is 0.0996. The molecule has 1 aliphatic heterocycles. The Morgan fingerprint density at radius 1 is 1.03 bits per heavy atom. The van der Waals surface area contributed by atoms with Crippen LogP contribution in [0.5, 0.6) is 0 Å². The molecule has 5 nitrogen and oxygen atoms in total. The predicted octanol–water partition coefficient (Wildman–Crippen LogP) is 4.66. The minimum atomic E-state index is -0.935. The highest BCUT2D eigenvalue weighted by atomic mass is 19.1. The van der Waals surface area contributed by atoms with Gasteiger partial charge in [-0.15, -0.1) is 0 Å².